The van der Waals surface area contributed by atoms with Crippen LogP contribution in [-0.4, -0.2) is 27.0 Å². The maximum absolute atomic E-state index is 10.7. The van der Waals surface area contributed by atoms with E-state index < -0.39 is 5.97 Å². The molecule has 9 heteroatoms. The molecule has 0 aliphatic carbocycles. The summed E-state index contributed by atoms with van der Waals surface area (Å²) in [5.41, 5.74) is 0.724. The zero-order valence-corrected chi connectivity index (χ0v) is 11.5. The number of aromatic carboxylic acids is 1. The van der Waals surface area contributed by atoms with E-state index in [1.165, 1.54) is 6.20 Å². The monoisotopic (exact) mass is 302 g/mol. The van der Waals surface area contributed by atoms with Gasteiger partial charge in [0.15, 0.2) is 0 Å². The number of nitrogens with zero attached hydrogens (tertiary/aromatic N) is 4. The van der Waals surface area contributed by atoms with E-state index in [4.69, 9.17) is 10.4 Å². The molecule has 2 aromatic rings. The summed E-state index contributed by atoms with van der Waals surface area (Å²) in [6.45, 7) is 0.309. The smallest absolute Gasteiger partial charge is 0.365 e. The number of nitriles is 1. The Hall–Kier alpha value is -2.99. The van der Waals surface area contributed by atoms with E-state index in [0.29, 0.717) is 6.54 Å². The molecule has 0 saturated heterocycles. The van der Waals surface area contributed by atoms with Gasteiger partial charge < -0.3 is 15.7 Å². The molecule has 2 rings (SSSR count). The summed E-state index contributed by atoms with van der Waals surface area (Å²) in [7, 11) is 0. The summed E-state index contributed by atoms with van der Waals surface area (Å²) < 4.78 is 0. The van der Waals surface area contributed by atoms with Crippen LogP contribution in [0.5, 0.6) is 0 Å². The van der Waals surface area contributed by atoms with Gasteiger partial charge in [0.1, 0.15) is 0 Å². The molecule has 8 nitrogen and oxygen atoms in total. The summed E-state index contributed by atoms with van der Waals surface area (Å²) in [6, 6.07) is 3.45. The lowest BCUT2D eigenvalue weighted by Gasteiger charge is -2.09. The number of carbonyl (C=O) groups is 1. The molecule has 0 aliphatic heterocycles. The molecule has 106 valence electrons. The largest absolute Gasteiger partial charge is 0.476 e. The molecule has 3 N–H and O–H groups in total. The SMILES string of the molecule is N#CN=C(NCc1cnc(C(=O)O)s1)Nc1ccncc1. The average molecular weight is 302 g/mol. The first-order chi connectivity index (χ1) is 10.2. The van der Waals surface area contributed by atoms with Gasteiger partial charge in [-0.05, 0) is 12.1 Å². The van der Waals surface area contributed by atoms with Crippen LogP contribution in [0, 0.1) is 11.5 Å². The van der Waals surface area contributed by atoms with Gasteiger partial charge in [-0.2, -0.15) is 5.26 Å². The number of carboxylic acid groups (broad SMARTS) is 1. The van der Waals surface area contributed by atoms with Crippen LogP contribution in [-0.2, 0) is 6.54 Å². The highest BCUT2D eigenvalue weighted by Gasteiger charge is 2.09. The van der Waals surface area contributed by atoms with Crippen molar-refractivity contribution >= 4 is 29.0 Å². The molecule has 0 unspecified atom stereocenters. The Morgan fingerprint density at radius 2 is 2.24 bits per heavy atom. The molecule has 0 saturated carbocycles. The number of aromatic nitrogens is 2. The Kier molecular flexibility index (Phi) is 4.79. The van der Waals surface area contributed by atoms with Crippen LogP contribution in [0.25, 0.3) is 0 Å². The van der Waals surface area contributed by atoms with Gasteiger partial charge in [-0.25, -0.2) is 9.78 Å². The van der Waals surface area contributed by atoms with E-state index in [-0.39, 0.29) is 11.0 Å². The van der Waals surface area contributed by atoms with Crippen LogP contribution in [0.15, 0.2) is 35.7 Å². The molecule has 2 aromatic heterocycles. The number of hydrogen-bond acceptors (Lipinski definition) is 6. The average Bonchev–Trinajstić information content (AvgIpc) is 2.95. The van der Waals surface area contributed by atoms with Gasteiger partial charge in [0, 0.05) is 29.2 Å². The van der Waals surface area contributed by atoms with Crippen molar-refractivity contribution in [1.82, 2.24) is 15.3 Å². The zero-order chi connectivity index (χ0) is 15.1. The molecule has 0 atom stereocenters. The summed E-state index contributed by atoms with van der Waals surface area (Å²) in [6.07, 6.45) is 6.37. The van der Waals surface area contributed by atoms with Crippen molar-refractivity contribution in [2.45, 2.75) is 6.54 Å². The second kappa shape index (κ2) is 6.97. The first-order valence-electron chi connectivity index (χ1n) is 5.74. The molecule has 0 spiro atoms. The fraction of sp³-hybridized carbons (Fsp3) is 0.0833. The molecule has 0 amide bonds. The highest BCUT2D eigenvalue weighted by molar-refractivity contribution is 7.13. The van der Waals surface area contributed by atoms with E-state index in [2.05, 4.69) is 25.6 Å². The van der Waals surface area contributed by atoms with E-state index in [1.807, 2.05) is 0 Å². The first kappa shape index (κ1) is 14.4. The van der Waals surface area contributed by atoms with Crippen LogP contribution in [0.1, 0.15) is 14.7 Å². The third-order valence-electron chi connectivity index (χ3n) is 2.27. The fourth-order valence-electron chi connectivity index (χ4n) is 1.39. The molecule has 2 heterocycles. The molecule has 0 radical (unpaired) electrons. The van der Waals surface area contributed by atoms with Gasteiger partial charge in [-0.15, -0.1) is 16.3 Å². The van der Waals surface area contributed by atoms with Crippen LogP contribution in [0.3, 0.4) is 0 Å². The number of rotatable bonds is 4. The number of aliphatic imine (C=N–C) groups is 1. The first-order valence-corrected chi connectivity index (χ1v) is 6.56. The lowest BCUT2D eigenvalue weighted by atomic mass is 10.4. The van der Waals surface area contributed by atoms with Crippen molar-refractivity contribution in [1.29, 1.82) is 5.26 Å². The van der Waals surface area contributed by atoms with Gasteiger partial charge in [0.2, 0.25) is 17.2 Å². The van der Waals surface area contributed by atoms with Crippen LogP contribution >= 0.6 is 11.3 Å². The van der Waals surface area contributed by atoms with Crippen LogP contribution in [0.2, 0.25) is 0 Å². The highest BCUT2D eigenvalue weighted by Crippen LogP contribution is 2.12. The summed E-state index contributed by atoms with van der Waals surface area (Å²) in [5.74, 6) is -0.805. The number of hydrogen-bond donors (Lipinski definition) is 3. The van der Waals surface area contributed by atoms with Crippen molar-refractivity contribution in [2.75, 3.05) is 5.32 Å². The van der Waals surface area contributed by atoms with E-state index in [0.717, 1.165) is 21.9 Å². The molecule has 0 fully saturated rings. The van der Waals surface area contributed by atoms with Gasteiger partial charge in [-0.1, -0.05) is 0 Å². The molecule has 0 aromatic carbocycles. The lowest BCUT2D eigenvalue weighted by molar-refractivity contribution is 0.0696. The highest BCUT2D eigenvalue weighted by atomic mass is 32.1. The normalized spacial score (nSPS) is 10.7. The Bertz CT molecular complexity index is 691. The predicted octanol–water partition coefficient (Wildman–Crippen LogP) is 1.28. The van der Waals surface area contributed by atoms with E-state index >= 15 is 0 Å². The van der Waals surface area contributed by atoms with Crippen LogP contribution in [0.4, 0.5) is 5.69 Å². The van der Waals surface area contributed by atoms with Gasteiger partial charge in [-0.3, -0.25) is 4.98 Å². The van der Waals surface area contributed by atoms with Crippen LogP contribution < -0.4 is 10.6 Å². The second-order valence-electron chi connectivity index (χ2n) is 3.71. The Balaban J connectivity index is 1.99. The number of guanidine groups is 1. The minimum atomic E-state index is -1.06. The van der Waals surface area contributed by atoms with Crippen molar-refractivity contribution in [3.8, 4) is 6.19 Å². The fourth-order valence-corrected chi connectivity index (χ4v) is 2.08. The molecular weight excluding hydrogens is 292 g/mol. The lowest BCUT2D eigenvalue weighted by Crippen LogP contribution is -2.29. The maximum atomic E-state index is 10.7. The number of pyridine rings is 1. The topological polar surface area (TPSA) is 123 Å². The van der Waals surface area contributed by atoms with Crippen molar-refractivity contribution in [3.05, 3.63) is 40.6 Å². The minimum Gasteiger partial charge on any atom is -0.476 e. The summed E-state index contributed by atoms with van der Waals surface area (Å²) >= 11 is 1.06. The number of anilines is 1. The third kappa shape index (κ3) is 4.26. The van der Waals surface area contributed by atoms with E-state index in [9.17, 15) is 4.79 Å². The predicted molar refractivity (Wildman–Crippen MR) is 76.8 cm³/mol. The minimum absolute atomic E-state index is 0.0210. The Morgan fingerprint density at radius 1 is 1.48 bits per heavy atom. The van der Waals surface area contributed by atoms with Crippen molar-refractivity contribution in [2.24, 2.45) is 4.99 Å². The molecular formula is C12H10N6O2S. The summed E-state index contributed by atoms with van der Waals surface area (Å²) in [4.78, 5) is 22.7. The molecule has 0 bridgehead atoms. The molecule has 0 aliphatic rings. The van der Waals surface area contributed by atoms with E-state index in [1.54, 1.807) is 30.7 Å². The van der Waals surface area contributed by atoms with Gasteiger partial charge >= 0.3 is 5.97 Å². The standard InChI is InChI=1S/C12H10N6O2S/c13-7-17-12(18-8-1-3-14-4-2-8)16-6-9-5-15-10(21-9)11(19)20/h1-5H,6H2,(H,19,20)(H2,14,16,17,18). The Morgan fingerprint density at radius 3 is 2.86 bits per heavy atom. The number of carboxylic acids is 1. The number of nitrogens with one attached hydrogen (secondary N) is 2. The quantitative estimate of drug-likeness (QED) is 0.441. The van der Waals surface area contributed by atoms with Gasteiger partial charge in [0.05, 0.1) is 6.54 Å². The number of thiazole rings is 1. The second-order valence-corrected chi connectivity index (χ2v) is 4.83. The summed E-state index contributed by atoms with van der Waals surface area (Å²) in [5, 5.41) is 23.3. The van der Waals surface area contributed by atoms with Crippen molar-refractivity contribution in [3.63, 3.8) is 0 Å². The van der Waals surface area contributed by atoms with Gasteiger partial charge in [0.25, 0.3) is 0 Å². The maximum Gasteiger partial charge on any atom is 0.365 e. The third-order valence-corrected chi connectivity index (χ3v) is 3.26. The Labute approximate surface area is 123 Å². The zero-order valence-electron chi connectivity index (χ0n) is 10.6. The van der Waals surface area contributed by atoms with Crippen molar-refractivity contribution < 1.29 is 9.90 Å². The molecule has 21 heavy (non-hydrogen) atoms.